The minimum atomic E-state index is 0.144. The highest BCUT2D eigenvalue weighted by atomic mass is 79.9. The number of nitrogens with zero attached hydrogens (tertiary/aromatic N) is 3. The summed E-state index contributed by atoms with van der Waals surface area (Å²) in [6.07, 6.45) is 6.46. The minimum absolute atomic E-state index is 0.144. The molecule has 0 aliphatic carbocycles. The van der Waals surface area contributed by atoms with E-state index in [0.717, 1.165) is 29.4 Å². The predicted octanol–water partition coefficient (Wildman–Crippen LogP) is 2.70. The molecule has 0 bridgehead atoms. The van der Waals surface area contributed by atoms with E-state index in [4.69, 9.17) is 5.73 Å². The van der Waals surface area contributed by atoms with E-state index in [9.17, 15) is 0 Å². The van der Waals surface area contributed by atoms with Crippen molar-refractivity contribution in [3.05, 3.63) is 45.4 Å². The number of aryl methyl sites for hydroxylation is 2. The summed E-state index contributed by atoms with van der Waals surface area (Å²) in [5.41, 5.74) is 11.1. The lowest BCUT2D eigenvalue weighted by atomic mass is 10.00. The lowest BCUT2D eigenvalue weighted by Gasteiger charge is -2.12. The standard InChI is InChI=1S/C15H21BrN4/c1-10-15(11(2)20(3)19-10)5-4-14(17)7-12-6-13(16)9-18-8-12/h6,8-9,14H,4-5,7,17H2,1-3H3. The molecule has 0 amide bonds. The summed E-state index contributed by atoms with van der Waals surface area (Å²) in [6, 6.07) is 2.22. The van der Waals surface area contributed by atoms with Crippen molar-refractivity contribution in [1.82, 2.24) is 14.8 Å². The van der Waals surface area contributed by atoms with Gasteiger partial charge in [-0.05, 0) is 66.2 Å². The second-order valence-corrected chi connectivity index (χ2v) is 6.20. The van der Waals surface area contributed by atoms with Crippen molar-refractivity contribution in [2.45, 2.75) is 39.2 Å². The first-order chi connectivity index (χ1) is 9.47. The van der Waals surface area contributed by atoms with Gasteiger partial charge in [0.2, 0.25) is 0 Å². The molecule has 108 valence electrons. The van der Waals surface area contributed by atoms with Gasteiger partial charge >= 0.3 is 0 Å². The quantitative estimate of drug-likeness (QED) is 0.913. The Bertz CT molecular complexity index is 592. The Hall–Kier alpha value is -1.20. The van der Waals surface area contributed by atoms with Crippen LogP contribution in [0.1, 0.15) is 28.9 Å². The second kappa shape index (κ2) is 6.50. The maximum atomic E-state index is 6.24. The molecule has 0 radical (unpaired) electrons. The van der Waals surface area contributed by atoms with Crippen molar-refractivity contribution in [3.63, 3.8) is 0 Å². The van der Waals surface area contributed by atoms with Gasteiger partial charge in [0.05, 0.1) is 5.69 Å². The van der Waals surface area contributed by atoms with Crippen LogP contribution < -0.4 is 5.73 Å². The average Bonchev–Trinajstić information content (AvgIpc) is 2.61. The van der Waals surface area contributed by atoms with Crippen molar-refractivity contribution in [3.8, 4) is 0 Å². The van der Waals surface area contributed by atoms with Gasteiger partial charge in [-0.1, -0.05) is 0 Å². The van der Waals surface area contributed by atoms with E-state index in [1.807, 2.05) is 17.9 Å². The Morgan fingerprint density at radius 2 is 2.10 bits per heavy atom. The summed E-state index contributed by atoms with van der Waals surface area (Å²) in [4.78, 5) is 4.17. The van der Waals surface area contributed by atoms with Gasteiger partial charge in [-0.25, -0.2) is 0 Å². The molecule has 0 fully saturated rings. The molecule has 4 nitrogen and oxygen atoms in total. The maximum absolute atomic E-state index is 6.24. The van der Waals surface area contributed by atoms with Crippen LogP contribution >= 0.6 is 15.9 Å². The highest BCUT2D eigenvalue weighted by Gasteiger charge is 2.12. The highest BCUT2D eigenvalue weighted by molar-refractivity contribution is 9.10. The van der Waals surface area contributed by atoms with Crippen LogP contribution in [0.5, 0.6) is 0 Å². The van der Waals surface area contributed by atoms with E-state index in [1.165, 1.54) is 16.8 Å². The molecule has 0 saturated carbocycles. The second-order valence-electron chi connectivity index (χ2n) is 5.29. The zero-order valence-electron chi connectivity index (χ0n) is 12.2. The fraction of sp³-hybridized carbons (Fsp3) is 0.467. The first-order valence-electron chi connectivity index (χ1n) is 6.81. The van der Waals surface area contributed by atoms with Gasteiger partial charge in [0, 0.05) is 35.6 Å². The number of hydrogen-bond donors (Lipinski definition) is 1. The van der Waals surface area contributed by atoms with Gasteiger partial charge in [0.25, 0.3) is 0 Å². The Labute approximate surface area is 128 Å². The maximum Gasteiger partial charge on any atom is 0.0628 e. The Morgan fingerprint density at radius 1 is 1.35 bits per heavy atom. The van der Waals surface area contributed by atoms with Crippen LogP contribution in [0.2, 0.25) is 0 Å². The lowest BCUT2D eigenvalue weighted by Crippen LogP contribution is -2.23. The van der Waals surface area contributed by atoms with Crippen molar-refractivity contribution >= 4 is 15.9 Å². The van der Waals surface area contributed by atoms with Crippen molar-refractivity contribution in [2.24, 2.45) is 12.8 Å². The van der Waals surface area contributed by atoms with Crippen LogP contribution in [0.25, 0.3) is 0 Å². The smallest absolute Gasteiger partial charge is 0.0628 e. The van der Waals surface area contributed by atoms with E-state index in [2.05, 4.69) is 45.9 Å². The third-order valence-corrected chi connectivity index (χ3v) is 4.12. The zero-order valence-corrected chi connectivity index (χ0v) is 13.8. The predicted molar refractivity (Wildman–Crippen MR) is 84.6 cm³/mol. The van der Waals surface area contributed by atoms with Gasteiger partial charge in [0.1, 0.15) is 0 Å². The largest absolute Gasteiger partial charge is 0.327 e. The molecule has 1 unspecified atom stereocenters. The topological polar surface area (TPSA) is 56.7 Å². The van der Waals surface area contributed by atoms with Gasteiger partial charge in [-0.15, -0.1) is 0 Å². The molecule has 2 heterocycles. The molecular formula is C15H21BrN4. The van der Waals surface area contributed by atoms with Gasteiger partial charge in [0.15, 0.2) is 0 Å². The number of rotatable bonds is 5. The molecule has 0 aliphatic rings. The Morgan fingerprint density at radius 3 is 2.70 bits per heavy atom. The van der Waals surface area contributed by atoms with Crippen LogP contribution in [0, 0.1) is 13.8 Å². The van der Waals surface area contributed by atoms with Crippen LogP contribution in [0.3, 0.4) is 0 Å². The summed E-state index contributed by atoms with van der Waals surface area (Å²) in [6.45, 7) is 4.17. The Balaban J connectivity index is 1.94. The van der Waals surface area contributed by atoms with Crippen LogP contribution in [0.15, 0.2) is 22.9 Å². The normalized spacial score (nSPS) is 12.7. The minimum Gasteiger partial charge on any atom is -0.327 e. The monoisotopic (exact) mass is 336 g/mol. The number of nitrogens with two attached hydrogens (primary N) is 1. The fourth-order valence-electron chi connectivity index (χ4n) is 2.48. The van der Waals surface area contributed by atoms with Gasteiger partial charge < -0.3 is 5.73 Å². The zero-order chi connectivity index (χ0) is 14.7. The van der Waals surface area contributed by atoms with E-state index >= 15 is 0 Å². The molecule has 0 saturated heterocycles. The molecule has 5 heteroatoms. The van der Waals surface area contributed by atoms with Crippen LogP contribution in [-0.2, 0) is 19.9 Å². The molecule has 2 aromatic heterocycles. The van der Waals surface area contributed by atoms with E-state index < -0.39 is 0 Å². The first-order valence-corrected chi connectivity index (χ1v) is 7.60. The molecule has 1 atom stereocenters. The number of aromatic nitrogens is 3. The van der Waals surface area contributed by atoms with Crippen LogP contribution in [-0.4, -0.2) is 20.8 Å². The molecule has 2 N–H and O–H groups in total. The third-order valence-electron chi connectivity index (χ3n) is 3.68. The molecule has 2 rings (SSSR count). The SMILES string of the molecule is Cc1nn(C)c(C)c1CCC(N)Cc1cncc(Br)c1. The lowest BCUT2D eigenvalue weighted by molar-refractivity contribution is 0.607. The molecule has 0 aliphatic heterocycles. The molecule has 2 aromatic rings. The first kappa shape index (κ1) is 15.2. The summed E-state index contributed by atoms with van der Waals surface area (Å²) in [7, 11) is 1.99. The third kappa shape index (κ3) is 3.67. The fourth-order valence-corrected chi connectivity index (χ4v) is 2.89. The molecule has 20 heavy (non-hydrogen) atoms. The van der Waals surface area contributed by atoms with E-state index in [1.54, 1.807) is 6.20 Å². The highest BCUT2D eigenvalue weighted by Crippen LogP contribution is 2.16. The van der Waals surface area contributed by atoms with Crippen molar-refractivity contribution < 1.29 is 0 Å². The summed E-state index contributed by atoms with van der Waals surface area (Å²) >= 11 is 3.44. The van der Waals surface area contributed by atoms with Gasteiger partial charge in [-0.3, -0.25) is 9.67 Å². The van der Waals surface area contributed by atoms with Crippen LogP contribution in [0.4, 0.5) is 0 Å². The summed E-state index contributed by atoms with van der Waals surface area (Å²) < 4.78 is 2.94. The van der Waals surface area contributed by atoms with E-state index in [-0.39, 0.29) is 6.04 Å². The molecule has 0 spiro atoms. The molecule has 0 aromatic carbocycles. The number of pyridine rings is 1. The van der Waals surface area contributed by atoms with E-state index in [0.29, 0.717) is 0 Å². The summed E-state index contributed by atoms with van der Waals surface area (Å²) in [5.74, 6) is 0. The van der Waals surface area contributed by atoms with Gasteiger partial charge in [-0.2, -0.15) is 5.10 Å². The number of halogens is 1. The average molecular weight is 337 g/mol. The Kier molecular flexibility index (Phi) is 4.94. The van der Waals surface area contributed by atoms with Crippen molar-refractivity contribution in [1.29, 1.82) is 0 Å². The molecular weight excluding hydrogens is 316 g/mol. The number of hydrogen-bond acceptors (Lipinski definition) is 3. The van der Waals surface area contributed by atoms with Crippen molar-refractivity contribution in [2.75, 3.05) is 0 Å². The summed E-state index contributed by atoms with van der Waals surface area (Å²) in [5, 5.41) is 4.44.